The molecule has 2 aliphatic heterocycles. The van der Waals surface area contributed by atoms with Gasteiger partial charge in [-0.1, -0.05) is 30.3 Å². The number of rotatable bonds is 3. The summed E-state index contributed by atoms with van der Waals surface area (Å²) >= 11 is 6.32. The zero-order chi connectivity index (χ0) is 20.7. The van der Waals surface area contributed by atoms with E-state index in [1.165, 1.54) is 22.0 Å². The molecule has 0 unspecified atom stereocenters. The second-order valence-corrected chi connectivity index (χ2v) is 8.35. The van der Waals surface area contributed by atoms with E-state index in [1.54, 1.807) is 0 Å². The highest BCUT2D eigenvalue weighted by Crippen LogP contribution is 2.37. The number of hydrogen-bond acceptors (Lipinski definition) is 6. The fourth-order valence-electron chi connectivity index (χ4n) is 4.67. The van der Waals surface area contributed by atoms with E-state index in [1.807, 2.05) is 0 Å². The number of halogens is 1. The minimum atomic E-state index is 0.145. The number of aromatic nitrogens is 2. The van der Waals surface area contributed by atoms with Gasteiger partial charge in [0, 0.05) is 48.9 Å². The predicted octanol–water partition coefficient (Wildman–Crippen LogP) is 3.80. The van der Waals surface area contributed by atoms with Gasteiger partial charge in [-0.2, -0.15) is 5.26 Å². The topological polar surface area (TPSA) is 68.1 Å². The summed E-state index contributed by atoms with van der Waals surface area (Å²) in [7, 11) is 0. The lowest BCUT2D eigenvalue weighted by Gasteiger charge is -2.34. The molecule has 0 bridgehead atoms. The molecule has 0 amide bonds. The molecule has 6 nitrogen and oxygen atoms in total. The normalized spacial score (nSPS) is 18.5. The van der Waals surface area contributed by atoms with Gasteiger partial charge in [-0.05, 0) is 35.5 Å². The Morgan fingerprint density at radius 2 is 2.00 bits per heavy atom. The standard InChI is InChI=1S/C23H23ClN6/c1-15-4-2-5-16-6-3-7-20(21(15)16)30-13-18-19(14-30)27-23(24)28-22(18)29-11-10-26-17(12-29)8-9-25/h2-7,17,26H,8,10-14H2,1H3/t17-/m0/s1. The van der Waals surface area contributed by atoms with E-state index < -0.39 is 0 Å². The van der Waals surface area contributed by atoms with Crippen molar-refractivity contribution in [3.05, 3.63) is 58.5 Å². The molecule has 1 N–H and O–H groups in total. The Morgan fingerprint density at radius 1 is 1.17 bits per heavy atom. The Balaban J connectivity index is 1.51. The maximum Gasteiger partial charge on any atom is 0.224 e. The summed E-state index contributed by atoms with van der Waals surface area (Å²) in [6.07, 6.45) is 0.485. The van der Waals surface area contributed by atoms with Crippen LogP contribution >= 0.6 is 11.6 Å². The van der Waals surface area contributed by atoms with Gasteiger partial charge in [0.15, 0.2) is 0 Å². The van der Waals surface area contributed by atoms with Crippen LogP contribution in [0.25, 0.3) is 10.8 Å². The maximum absolute atomic E-state index is 9.08. The van der Waals surface area contributed by atoms with E-state index >= 15 is 0 Å². The van der Waals surface area contributed by atoms with Crippen molar-refractivity contribution in [1.82, 2.24) is 15.3 Å². The van der Waals surface area contributed by atoms with Crippen LogP contribution in [0.4, 0.5) is 11.5 Å². The van der Waals surface area contributed by atoms with Gasteiger partial charge in [-0.3, -0.25) is 0 Å². The molecule has 3 heterocycles. The van der Waals surface area contributed by atoms with E-state index in [9.17, 15) is 0 Å². The molecule has 7 heteroatoms. The molecule has 0 radical (unpaired) electrons. The van der Waals surface area contributed by atoms with Gasteiger partial charge in [-0.15, -0.1) is 0 Å². The smallest absolute Gasteiger partial charge is 0.224 e. The van der Waals surface area contributed by atoms with Crippen LogP contribution in [0.5, 0.6) is 0 Å². The highest BCUT2D eigenvalue weighted by atomic mass is 35.5. The largest absolute Gasteiger partial charge is 0.361 e. The van der Waals surface area contributed by atoms with E-state index in [4.69, 9.17) is 16.9 Å². The summed E-state index contributed by atoms with van der Waals surface area (Å²) in [5.74, 6) is 0.911. The molecule has 1 fully saturated rings. The van der Waals surface area contributed by atoms with E-state index in [0.29, 0.717) is 13.0 Å². The van der Waals surface area contributed by atoms with Gasteiger partial charge < -0.3 is 15.1 Å². The van der Waals surface area contributed by atoms with Gasteiger partial charge >= 0.3 is 0 Å². The molecule has 2 aliphatic rings. The molecule has 3 aromatic rings. The molecule has 152 valence electrons. The van der Waals surface area contributed by atoms with Gasteiger partial charge in [0.25, 0.3) is 0 Å². The molecule has 5 rings (SSSR count). The first-order valence-corrected chi connectivity index (χ1v) is 10.7. The number of nitrogens with one attached hydrogen (secondary N) is 1. The number of piperazine rings is 1. The summed E-state index contributed by atoms with van der Waals surface area (Å²) in [5, 5.41) is 15.3. The quantitative estimate of drug-likeness (QED) is 0.652. The monoisotopic (exact) mass is 418 g/mol. The lowest BCUT2D eigenvalue weighted by Crippen LogP contribution is -2.51. The van der Waals surface area contributed by atoms with Crippen molar-refractivity contribution >= 4 is 33.9 Å². The molecule has 0 spiro atoms. The highest BCUT2D eigenvalue weighted by Gasteiger charge is 2.30. The Labute approximate surface area is 181 Å². The molecule has 0 aliphatic carbocycles. The van der Waals surface area contributed by atoms with Crippen molar-refractivity contribution in [2.45, 2.75) is 32.5 Å². The Kier molecular flexibility index (Phi) is 4.93. The van der Waals surface area contributed by atoms with Crippen molar-refractivity contribution in [2.24, 2.45) is 0 Å². The van der Waals surface area contributed by atoms with E-state index in [0.717, 1.165) is 43.3 Å². The molecule has 1 atom stereocenters. The van der Waals surface area contributed by atoms with Crippen molar-refractivity contribution in [2.75, 3.05) is 29.4 Å². The Hall–Kier alpha value is -2.88. The van der Waals surface area contributed by atoms with Crippen LogP contribution in [-0.4, -0.2) is 35.6 Å². The van der Waals surface area contributed by atoms with E-state index in [2.05, 4.69) is 74.5 Å². The van der Waals surface area contributed by atoms with Crippen LogP contribution < -0.4 is 15.1 Å². The minimum Gasteiger partial charge on any atom is -0.361 e. The van der Waals surface area contributed by atoms with Crippen LogP contribution in [0.3, 0.4) is 0 Å². The SMILES string of the molecule is Cc1cccc2cccc(N3Cc4nc(Cl)nc(N5CCN[C@@H](CC#N)C5)c4C3)c12. The Morgan fingerprint density at radius 3 is 2.83 bits per heavy atom. The van der Waals surface area contributed by atoms with Crippen molar-refractivity contribution in [3.63, 3.8) is 0 Å². The van der Waals surface area contributed by atoms with Crippen LogP contribution in [0.15, 0.2) is 36.4 Å². The second-order valence-electron chi connectivity index (χ2n) is 8.01. The number of benzene rings is 2. The third-order valence-corrected chi connectivity index (χ3v) is 6.23. The van der Waals surface area contributed by atoms with Crippen molar-refractivity contribution in [1.29, 1.82) is 5.26 Å². The zero-order valence-corrected chi connectivity index (χ0v) is 17.7. The van der Waals surface area contributed by atoms with E-state index in [-0.39, 0.29) is 11.3 Å². The predicted molar refractivity (Wildman–Crippen MR) is 120 cm³/mol. The maximum atomic E-state index is 9.08. The molecule has 1 aromatic heterocycles. The number of nitrogens with zero attached hydrogens (tertiary/aromatic N) is 5. The van der Waals surface area contributed by atoms with Gasteiger partial charge in [0.1, 0.15) is 5.82 Å². The molecular weight excluding hydrogens is 396 g/mol. The van der Waals surface area contributed by atoms with Crippen molar-refractivity contribution in [3.8, 4) is 6.07 Å². The number of hydrogen-bond donors (Lipinski definition) is 1. The number of anilines is 2. The summed E-state index contributed by atoms with van der Waals surface area (Å²) in [6, 6.07) is 15.3. The summed E-state index contributed by atoms with van der Waals surface area (Å²) in [6.45, 7) is 6.05. The third-order valence-electron chi connectivity index (χ3n) is 6.06. The Bertz CT molecular complexity index is 1150. The van der Waals surface area contributed by atoms with Gasteiger partial charge in [0.2, 0.25) is 5.28 Å². The fourth-order valence-corrected chi connectivity index (χ4v) is 4.86. The number of aryl methyl sites for hydroxylation is 1. The summed E-state index contributed by atoms with van der Waals surface area (Å²) in [4.78, 5) is 13.8. The first kappa shape index (κ1) is 19.1. The van der Waals surface area contributed by atoms with Crippen LogP contribution in [-0.2, 0) is 13.1 Å². The lowest BCUT2D eigenvalue weighted by atomic mass is 10.0. The average molecular weight is 419 g/mol. The first-order valence-electron chi connectivity index (χ1n) is 10.3. The van der Waals surface area contributed by atoms with Crippen LogP contribution in [0, 0.1) is 18.3 Å². The van der Waals surface area contributed by atoms with Gasteiger partial charge in [0.05, 0.1) is 24.7 Å². The van der Waals surface area contributed by atoms with Crippen LogP contribution in [0.1, 0.15) is 23.2 Å². The molecule has 2 aromatic carbocycles. The molecular formula is C23H23ClN6. The summed E-state index contributed by atoms with van der Waals surface area (Å²) < 4.78 is 0. The molecule has 30 heavy (non-hydrogen) atoms. The fraction of sp³-hybridized carbons (Fsp3) is 0.348. The average Bonchev–Trinajstić information content (AvgIpc) is 3.17. The highest BCUT2D eigenvalue weighted by molar-refractivity contribution is 6.28. The zero-order valence-electron chi connectivity index (χ0n) is 16.9. The van der Waals surface area contributed by atoms with Gasteiger partial charge in [-0.25, -0.2) is 9.97 Å². The number of nitriles is 1. The molecule has 0 saturated carbocycles. The third kappa shape index (κ3) is 3.34. The summed E-state index contributed by atoms with van der Waals surface area (Å²) in [5.41, 5.74) is 4.62. The number of fused-ring (bicyclic) bond motifs is 2. The minimum absolute atomic E-state index is 0.145. The van der Waals surface area contributed by atoms with Crippen molar-refractivity contribution < 1.29 is 0 Å². The lowest BCUT2D eigenvalue weighted by molar-refractivity contribution is 0.460. The molecule has 1 saturated heterocycles. The van der Waals surface area contributed by atoms with Crippen LogP contribution in [0.2, 0.25) is 5.28 Å². The first-order chi connectivity index (χ1) is 14.6. The second kappa shape index (κ2) is 7.75.